The summed E-state index contributed by atoms with van der Waals surface area (Å²) in [4.78, 5) is 24.6. The molecule has 5 heteroatoms. The molecule has 0 aliphatic heterocycles. The molecule has 1 aliphatic rings. The SMILES string of the molecule is CCN(CC)C(=O)CCCNC1CCCC(C(=O)O)C1. The third kappa shape index (κ3) is 5.49. The Morgan fingerprint density at radius 1 is 1.25 bits per heavy atom. The van der Waals surface area contributed by atoms with Crippen LogP contribution >= 0.6 is 0 Å². The van der Waals surface area contributed by atoms with Gasteiger partial charge in [-0.3, -0.25) is 9.59 Å². The van der Waals surface area contributed by atoms with Gasteiger partial charge in [-0.1, -0.05) is 6.42 Å². The van der Waals surface area contributed by atoms with Crippen LogP contribution in [-0.4, -0.2) is 47.6 Å². The molecule has 0 aromatic carbocycles. The smallest absolute Gasteiger partial charge is 0.306 e. The van der Waals surface area contributed by atoms with E-state index in [1.165, 1.54) is 0 Å². The van der Waals surface area contributed by atoms with E-state index in [2.05, 4.69) is 5.32 Å². The van der Waals surface area contributed by atoms with Crippen molar-refractivity contribution in [2.45, 2.75) is 58.4 Å². The molecule has 20 heavy (non-hydrogen) atoms. The second-order valence-electron chi connectivity index (χ2n) is 5.52. The lowest BCUT2D eigenvalue weighted by atomic mass is 9.86. The molecule has 2 atom stereocenters. The van der Waals surface area contributed by atoms with Crippen LogP contribution in [0.15, 0.2) is 0 Å². The van der Waals surface area contributed by atoms with Gasteiger partial charge in [0.1, 0.15) is 0 Å². The summed E-state index contributed by atoms with van der Waals surface area (Å²) in [5.41, 5.74) is 0. The fraction of sp³-hybridized carbons (Fsp3) is 0.867. The molecule has 1 aliphatic carbocycles. The fourth-order valence-electron chi connectivity index (χ4n) is 2.88. The Hall–Kier alpha value is -1.10. The van der Waals surface area contributed by atoms with E-state index >= 15 is 0 Å². The average molecular weight is 284 g/mol. The second kappa shape index (κ2) is 8.95. The van der Waals surface area contributed by atoms with E-state index in [1.807, 2.05) is 18.7 Å². The molecular weight excluding hydrogens is 256 g/mol. The summed E-state index contributed by atoms with van der Waals surface area (Å²) in [5.74, 6) is -0.657. The molecule has 0 saturated heterocycles. The van der Waals surface area contributed by atoms with Crippen molar-refractivity contribution < 1.29 is 14.7 Å². The molecule has 0 spiro atoms. The zero-order chi connectivity index (χ0) is 15.0. The average Bonchev–Trinajstić information content (AvgIpc) is 2.45. The minimum Gasteiger partial charge on any atom is -0.481 e. The summed E-state index contributed by atoms with van der Waals surface area (Å²) in [5, 5.41) is 12.4. The summed E-state index contributed by atoms with van der Waals surface area (Å²) in [6.45, 7) is 6.32. The molecular formula is C15H28N2O3. The van der Waals surface area contributed by atoms with Gasteiger partial charge in [0.05, 0.1) is 5.92 Å². The van der Waals surface area contributed by atoms with Crippen molar-refractivity contribution in [3.63, 3.8) is 0 Å². The van der Waals surface area contributed by atoms with Crippen LogP contribution in [0.1, 0.15) is 52.4 Å². The molecule has 0 aromatic heterocycles. The van der Waals surface area contributed by atoms with Crippen LogP contribution in [0.3, 0.4) is 0 Å². The van der Waals surface area contributed by atoms with Crippen molar-refractivity contribution in [3.8, 4) is 0 Å². The molecule has 1 fully saturated rings. The summed E-state index contributed by atoms with van der Waals surface area (Å²) in [6.07, 6.45) is 4.95. The fourth-order valence-corrected chi connectivity index (χ4v) is 2.88. The quantitative estimate of drug-likeness (QED) is 0.668. The minimum absolute atomic E-state index is 0.196. The molecule has 0 radical (unpaired) electrons. The van der Waals surface area contributed by atoms with Gasteiger partial charge in [0, 0.05) is 25.6 Å². The number of rotatable bonds is 8. The van der Waals surface area contributed by atoms with Crippen LogP contribution in [0.4, 0.5) is 0 Å². The van der Waals surface area contributed by atoms with Crippen molar-refractivity contribution in [2.24, 2.45) is 5.92 Å². The third-order valence-corrected chi connectivity index (χ3v) is 4.14. The number of amides is 1. The first-order chi connectivity index (χ1) is 9.58. The van der Waals surface area contributed by atoms with Gasteiger partial charge < -0.3 is 15.3 Å². The van der Waals surface area contributed by atoms with E-state index in [-0.39, 0.29) is 11.8 Å². The van der Waals surface area contributed by atoms with Crippen molar-refractivity contribution in [1.29, 1.82) is 0 Å². The minimum atomic E-state index is -0.673. The van der Waals surface area contributed by atoms with E-state index in [0.29, 0.717) is 12.5 Å². The van der Waals surface area contributed by atoms with Crippen LogP contribution in [0, 0.1) is 5.92 Å². The highest BCUT2D eigenvalue weighted by Crippen LogP contribution is 2.24. The molecule has 2 unspecified atom stereocenters. The maximum absolute atomic E-state index is 11.8. The van der Waals surface area contributed by atoms with E-state index in [1.54, 1.807) is 0 Å². The first-order valence-electron chi connectivity index (χ1n) is 7.82. The van der Waals surface area contributed by atoms with Crippen LogP contribution in [0.25, 0.3) is 0 Å². The number of carboxylic acid groups (broad SMARTS) is 1. The molecule has 116 valence electrons. The number of nitrogens with one attached hydrogen (secondary N) is 1. The van der Waals surface area contributed by atoms with Crippen molar-refractivity contribution in [1.82, 2.24) is 10.2 Å². The van der Waals surface area contributed by atoms with Gasteiger partial charge in [0.25, 0.3) is 0 Å². The van der Waals surface area contributed by atoms with Crippen LogP contribution < -0.4 is 5.32 Å². The van der Waals surface area contributed by atoms with E-state index in [9.17, 15) is 9.59 Å². The largest absolute Gasteiger partial charge is 0.481 e. The molecule has 5 nitrogen and oxygen atoms in total. The van der Waals surface area contributed by atoms with Crippen molar-refractivity contribution in [3.05, 3.63) is 0 Å². The zero-order valence-electron chi connectivity index (χ0n) is 12.7. The molecule has 0 bridgehead atoms. The van der Waals surface area contributed by atoms with Gasteiger partial charge in [0.15, 0.2) is 0 Å². The van der Waals surface area contributed by atoms with Gasteiger partial charge in [-0.25, -0.2) is 0 Å². The third-order valence-electron chi connectivity index (χ3n) is 4.14. The Balaban J connectivity index is 2.17. The summed E-state index contributed by atoms with van der Waals surface area (Å²) < 4.78 is 0. The predicted octanol–water partition coefficient (Wildman–Crippen LogP) is 1.87. The normalized spacial score (nSPS) is 22.5. The number of carboxylic acids is 1. The van der Waals surface area contributed by atoms with Crippen LogP contribution in [0.5, 0.6) is 0 Å². The highest BCUT2D eigenvalue weighted by molar-refractivity contribution is 5.76. The summed E-state index contributed by atoms with van der Waals surface area (Å²) in [7, 11) is 0. The Labute approximate surface area is 121 Å². The number of nitrogens with zero attached hydrogens (tertiary/aromatic N) is 1. The van der Waals surface area contributed by atoms with Gasteiger partial charge in [0.2, 0.25) is 5.91 Å². The molecule has 1 saturated carbocycles. The van der Waals surface area contributed by atoms with Crippen molar-refractivity contribution >= 4 is 11.9 Å². The number of hydrogen-bond donors (Lipinski definition) is 2. The van der Waals surface area contributed by atoms with Gasteiger partial charge >= 0.3 is 5.97 Å². The standard InChI is InChI=1S/C15H28N2O3/c1-3-17(4-2)14(18)9-6-10-16-13-8-5-7-12(11-13)15(19)20/h12-13,16H,3-11H2,1-2H3,(H,19,20). The maximum atomic E-state index is 11.8. The molecule has 0 heterocycles. The lowest BCUT2D eigenvalue weighted by molar-refractivity contribution is -0.143. The van der Waals surface area contributed by atoms with Gasteiger partial charge in [-0.2, -0.15) is 0 Å². The Morgan fingerprint density at radius 3 is 2.55 bits per heavy atom. The Morgan fingerprint density at radius 2 is 1.95 bits per heavy atom. The zero-order valence-corrected chi connectivity index (χ0v) is 12.7. The Kier molecular flexibility index (Phi) is 7.59. The predicted molar refractivity (Wildman–Crippen MR) is 78.5 cm³/mol. The van der Waals surface area contributed by atoms with Crippen LogP contribution in [-0.2, 0) is 9.59 Å². The molecule has 2 N–H and O–H groups in total. The lowest BCUT2D eigenvalue weighted by Gasteiger charge is -2.27. The monoisotopic (exact) mass is 284 g/mol. The summed E-state index contributed by atoms with van der Waals surface area (Å²) >= 11 is 0. The summed E-state index contributed by atoms with van der Waals surface area (Å²) in [6, 6.07) is 0.299. The van der Waals surface area contributed by atoms with E-state index < -0.39 is 5.97 Å². The molecule has 1 amide bonds. The number of carbonyl (C=O) groups excluding carboxylic acids is 1. The molecule has 0 aromatic rings. The van der Waals surface area contributed by atoms with Crippen molar-refractivity contribution in [2.75, 3.05) is 19.6 Å². The molecule has 1 rings (SSSR count). The highest BCUT2D eigenvalue weighted by atomic mass is 16.4. The second-order valence-corrected chi connectivity index (χ2v) is 5.52. The van der Waals surface area contributed by atoms with Gasteiger partial charge in [-0.15, -0.1) is 0 Å². The van der Waals surface area contributed by atoms with Crippen LogP contribution in [0.2, 0.25) is 0 Å². The number of carbonyl (C=O) groups is 2. The first kappa shape index (κ1) is 17.0. The number of aliphatic carboxylic acids is 1. The van der Waals surface area contributed by atoms with Gasteiger partial charge in [-0.05, 0) is 46.1 Å². The topological polar surface area (TPSA) is 69.6 Å². The maximum Gasteiger partial charge on any atom is 0.306 e. The number of hydrogen-bond acceptors (Lipinski definition) is 3. The Bertz CT molecular complexity index is 316. The van der Waals surface area contributed by atoms with E-state index in [0.717, 1.165) is 51.7 Å². The first-order valence-corrected chi connectivity index (χ1v) is 7.82. The highest BCUT2D eigenvalue weighted by Gasteiger charge is 2.26. The lowest BCUT2D eigenvalue weighted by Crippen LogP contribution is -2.37. The van der Waals surface area contributed by atoms with E-state index in [4.69, 9.17) is 5.11 Å².